The van der Waals surface area contributed by atoms with Crippen molar-refractivity contribution < 1.29 is 4.79 Å². The van der Waals surface area contributed by atoms with E-state index in [4.69, 9.17) is 11.5 Å². The highest BCUT2D eigenvalue weighted by molar-refractivity contribution is 5.99. The molecule has 1 atom stereocenters. The van der Waals surface area contributed by atoms with Gasteiger partial charge in [-0.3, -0.25) is 4.79 Å². The first kappa shape index (κ1) is 15.3. The number of benzene rings is 1. The molecule has 1 amide bonds. The molecular weight excluding hydrogens is 238 g/mol. The second-order valence-corrected chi connectivity index (χ2v) is 4.96. The Balaban J connectivity index is 2.97. The van der Waals surface area contributed by atoms with Gasteiger partial charge in [0.2, 0.25) is 0 Å². The Hall–Kier alpha value is -1.71. The number of unbranched alkanes of at least 4 members (excludes halogenated alkanes) is 1. The van der Waals surface area contributed by atoms with Gasteiger partial charge in [-0.25, -0.2) is 0 Å². The molecule has 4 N–H and O–H groups in total. The second kappa shape index (κ2) is 7.02. The van der Waals surface area contributed by atoms with Gasteiger partial charge in [-0.2, -0.15) is 0 Å². The number of nitrogen functional groups attached to an aromatic ring is 2. The van der Waals surface area contributed by atoms with Crippen LogP contribution in [0.15, 0.2) is 18.2 Å². The summed E-state index contributed by atoms with van der Waals surface area (Å²) in [6, 6.07) is 5.30. The van der Waals surface area contributed by atoms with Crippen LogP contribution in [0.1, 0.15) is 50.4 Å². The van der Waals surface area contributed by atoms with Gasteiger partial charge in [-0.1, -0.05) is 20.3 Å². The SMILES string of the molecule is CCCCN(C(=O)c1ccc(N)cc1N)C(C)CC. The average Bonchev–Trinajstić information content (AvgIpc) is 2.38. The van der Waals surface area contributed by atoms with Crippen LogP contribution in [0, 0.1) is 0 Å². The van der Waals surface area contributed by atoms with E-state index in [-0.39, 0.29) is 11.9 Å². The fraction of sp³-hybridized carbons (Fsp3) is 0.533. The van der Waals surface area contributed by atoms with Crippen LogP contribution in [0.2, 0.25) is 0 Å². The normalized spacial score (nSPS) is 12.2. The Labute approximate surface area is 115 Å². The van der Waals surface area contributed by atoms with Gasteiger partial charge in [-0.05, 0) is 38.0 Å². The van der Waals surface area contributed by atoms with Gasteiger partial charge >= 0.3 is 0 Å². The number of anilines is 2. The first-order chi connectivity index (χ1) is 9.01. The molecule has 0 spiro atoms. The van der Waals surface area contributed by atoms with Crippen molar-refractivity contribution in [2.24, 2.45) is 0 Å². The molecule has 0 saturated carbocycles. The quantitative estimate of drug-likeness (QED) is 0.775. The molecule has 1 aromatic carbocycles. The number of carbonyl (C=O) groups excluding carboxylic acids is 1. The molecule has 1 unspecified atom stereocenters. The Kier molecular flexibility index (Phi) is 5.67. The lowest BCUT2D eigenvalue weighted by atomic mass is 10.1. The van der Waals surface area contributed by atoms with Crippen LogP contribution in [-0.2, 0) is 0 Å². The average molecular weight is 263 g/mol. The van der Waals surface area contributed by atoms with Crippen molar-refractivity contribution >= 4 is 17.3 Å². The van der Waals surface area contributed by atoms with Crippen LogP contribution in [0.3, 0.4) is 0 Å². The van der Waals surface area contributed by atoms with E-state index in [1.807, 2.05) is 4.90 Å². The van der Waals surface area contributed by atoms with Crippen LogP contribution in [0.25, 0.3) is 0 Å². The maximum absolute atomic E-state index is 12.6. The van der Waals surface area contributed by atoms with Gasteiger partial charge in [-0.15, -0.1) is 0 Å². The van der Waals surface area contributed by atoms with Crippen LogP contribution in [0.5, 0.6) is 0 Å². The lowest BCUT2D eigenvalue weighted by Crippen LogP contribution is -2.39. The van der Waals surface area contributed by atoms with Crippen LogP contribution < -0.4 is 11.5 Å². The zero-order valence-electron chi connectivity index (χ0n) is 12.1. The van der Waals surface area contributed by atoms with Gasteiger partial charge in [0.1, 0.15) is 0 Å². The summed E-state index contributed by atoms with van der Waals surface area (Å²) in [7, 11) is 0. The fourth-order valence-corrected chi connectivity index (χ4v) is 2.00. The van der Waals surface area contributed by atoms with Crippen LogP contribution >= 0.6 is 0 Å². The topological polar surface area (TPSA) is 72.3 Å². The van der Waals surface area contributed by atoms with E-state index in [1.54, 1.807) is 18.2 Å². The standard InChI is InChI=1S/C15H25N3O/c1-4-6-9-18(11(3)5-2)15(19)13-8-7-12(16)10-14(13)17/h7-8,10-11H,4-6,9,16-17H2,1-3H3. The van der Waals surface area contributed by atoms with Crippen molar-refractivity contribution in [3.8, 4) is 0 Å². The summed E-state index contributed by atoms with van der Waals surface area (Å²) < 4.78 is 0. The summed E-state index contributed by atoms with van der Waals surface area (Å²) in [5, 5.41) is 0. The molecule has 0 aliphatic rings. The predicted molar refractivity (Wildman–Crippen MR) is 81.0 cm³/mol. The molecule has 0 bridgehead atoms. The zero-order chi connectivity index (χ0) is 14.4. The smallest absolute Gasteiger partial charge is 0.256 e. The van der Waals surface area contributed by atoms with E-state index in [0.717, 1.165) is 25.8 Å². The highest BCUT2D eigenvalue weighted by Gasteiger charge is 2.21. The third kappa shape index (κ3) is 3.88. The molecule has 1 aromatic rings. The van der Waals surface area contributed by atoms with Gasteiger partial charge in [0, 0.05) is 24.0 Å². The van der Waals surface area contributed by atoms with Crippen LogP contribution in [-0.4, -0.2) is 23.4 Å². The molecular formula is C15H25N3O. The van der Waals surface area contributed by atoms with Crippen molar-refractivity contribution in [2.75, 3.05) is 18.0 Å². The molecule has 4 nitrogen and oxygen atoms in total. The maximum Gasteiger partial charge on any atom is 0.256 e. The molecule has 0 heterocycles. The van der Waals surface area contributed by atoms with Crippen molar-refractivity contribution in [2.45, 2.75) is 46.1 Å². The van der Waals surface area contributed by atoms with Gasteiger partial charge in [0.25, 0.3) is 5.91 Å². The third-order valence-electron chi connectivity index (χ3n) is 3.44. The molecule has 0 aliphatic heterocycles. The van der Waals surface area contributed by atoms with Crippen molar-refractivity contribution in [1.29, 1.82) is 0 Å². The van der Waals surface area contributed by atoms with Crippen LogP contribution in [0.4, 0.5) is 11.4 Å². The molecule has 0 aliphatic carbocycles. The van der Waals surface area contributed by atoms with E-state index in [0.29, 0.717) is 16.9 Å². The first-order valence-electron chi connectivity index (χ1n) is 6.97. The Morgan fingerprint density at radius 2 is 2.00 bits per heavy atom. The minimum atomic E-state index is 0.000278. The predicted octanol–water partition coefficient (Wildman–Crippen LogP) is 2.89. The molecule has 19 heavy (non-hydrogen) atoms. The highest BCUT2D eigenvalue weighted by atomic mass is 16.2. The molecule has 0 aromatic heterocycles. The minimum Gasteiger partial charge on any atom is -0.399 e. The van der Waals surface area contributed by atoms with Crippen molar-refractivity contribution in [1.82, 2.24) is 4.90 Å². The Bertz CT molecular complexity index is 431. The van der Waals surface area contributed by atoms with E-state index < -0.39 is 0 Å². The summed E-state index contributed by atoms with van der Waals surface area (Å²) >= 11 is 0. The monoisotopic (exact) mass is 263 g/mol. The molecule has 4 heteroatoms. The Morgan fingerprint density at radius 1 is 1.32 bits per heavy atom. The molecule has 0 radical (unpaired) electrons. The minimum absolute atomic E-state index is 0.000278. The van der Waals surface area contributed by atoms with E-state index in [1.165, 1.54) is 0 Å². The van der Waals surface area contributed by atoms with E-state index >= 15 is 0 Å². The molecule has 106 valence electrons. The number of carbonyl (C=O) groups is 1. The van der Waals surface area contributed by atoms with Gasteiger partial charge in [0.15, 0.2) is 0 Å². The number of nitrogens with zero attached hydrogens (tertiary/aromatic N) is 1. The zero-order valence-corrected chi connectivity index (χ0v) is 12.1. The molecule has 0 fully saturated rings. The number of amides is 1. The highest BCUT2D eigenvalue weighted by Crippen LogP contribution is 2.20. The van der Waals surface area contributed by atoms with Gasteiger partial charge < -0.3 is 16.4 Å². The number of rotatable bonds is 6. The number of hydrogen-bond donors (Lipinski definition) is 2. The summed E-state index contributed by atoms with van der Waals surface area (Å²) in [5.41, 5.74) is 13.1. The molecule has 1 rings (SSSR count). The second-order valence-electron chi connectivity index (χ2n) is 4.96. The van der Waals surface area contributed by atoms with E-state index in [9.17, 15) is 4.79 Å². The third-order valence-corrected chi connectivity index (χ3v) is 3.44. The van der Waals surface area contributed by atoms with Crippen molar-refractivity contribution in [3.63, 3.8) is 0 Å². The lowest BCUT2D eigenvalue weighted by Gasteiger charge is -2.29. The Morgan fingerprint density at radius 3 is 2.53 bits per heavy atom. The summed E-state index contributed by atoms with van der Waals surface area (Å²) in [5.74, 6) is 0.000278. The maximum atomic E-state index is 12.6. The fourth-order valence-electron chi connectivity index (χ4n) is 2.00. The lowest BCUT2D eigenvalue weighted by molar-refractivity contribution is 0.0686. The first-order valence-corrected chi connectivity index (χ1v) is 6.97. The largest absolute Gasteiger partial charge is 0.399 e. The van der Waals surface area contributed by atoms with Gasteiger partial charge in [0.05, 0.1) is 5.56 Å². The van der Waals surface area contributed by atoms with E-state index in [2.05, 4.69) is 20.8 Å². The number of hydrogen-bond acceptors (Lipinski definition) is 3. The van der Waals surface area contributed by atoms with Crippen molar-refractivity contribution in [3.05, 3.63) is 23.8 Å². The molecule has 0 saturated heterocycles. The summed E-state index contributed by atoms with van der Waals surface area (Å²) in [6.07, 6.45) is 3.01. The number of nitrogens with two attached hydrogens (primary N) is 2. The summed E-state index contributed by atoms with van der Waals surface area (Å²) in [6.45, 7) is 7.05. The summed E-state index contributed by atoms with van der Waals surface area (Å²) in [4.78, 5) is 14.5.